The fourth-order valence-electron chi connectivity index (χ4n) is 1.85. The number of aromatic nitrogens is 1. The van der Waals surface area contributed by atoms with Gasteiger partial charge in [-0.1, -0.05) is 0 Å². The van der Waals surface area contributed by atoms with Gasteiger partial charge in [-0.05, 0) is 19.4 Å². The maximum atomic E-state index is 11.7. The Morgan fingerprint density at radius 3 is 2.94 bits per heavy atom. The molecule has 4 N–H and O–H groups in total. The highest BCUT2D eigenvalue weighted by Crippen LogP contribution is 2.16. The largest absolute Gasteiger partial charge is 0.477 e. The number of amides is 2. The summed E-state index contributed by atoms with van der Waals surface area (Å²) < 4.78 is 5.13. The molecule has 1 unspecified atom stereocenters. The van der Waals surface area contributed by atoms with E-state index in [1.165, 1.54) is 0 Å². The van der Waals surface area contributed by atoms with Crippen molar-refractivity contribution in [1.29, 1.82) is 0 Å². The van der Waals surface area contributed by atoms with Crippen molar-refractivity contribution >= 4 is 17.7 Å². The van der Waals surface area contributed by atoms with Gasteiger partial charge in [0.2, 0.25) is 0 Å². The number of H-pyrrole nitrogens is 1. The molecule has 0 bridgehead atoms. The van der Waals surface area contributed by atoms with E-state index in [2.05, 4.69) is 15.6 Å². The topological polar surface area (TPSA) is 103 Å². The molecule has 7 heteroatoms. The first-order valence-corrected chi connectivity index (χ1v) is 5.64. The van der Waals surface area contributed by atoms with E-state index in [0.29, 0.717) is 18.9 Å². The Balaban J connectivity index is 1.99. The third-order valence-electron chi connectivity index (χ3n) is 2.68. The van der Waals surface area contributed by atoms with E-state index >= 15 is 0 Å². The molecule has 2 rings (SSSR count). The molecule has 0 aromatic carbocycles. The van der Waals surface area contributed by atoms with E-state index in [4.69, 9.17) is 9.84 Å². The number of carbonyl (C=O) groups excluding carboxylic acids is 1. The molecule has 1 aromatic heterocycles. The number of aryl methyl sites for hydroxylation is 1. The highest BCUT2D eigenvalue weighted by Gasteiger charge is 2.20. The second kappa shape index (κ2) is 5.09. The Bertz CT molecular complexity index is 463. The standard InChI is InChI=1S/C11H15N3O4/c1-6-4-8(9(12-6)10(15)16)14-11(17)13-7-2-3-18-5-7/h4,7,12H,2-3,5H2,1H3,(H,15,16)(H2,13,14,17). The van der Waals surface area contributed by atoms with E-state index in [9.17, 15) is 9.59 Å². The molecule has 0 spiro atoms. The van der Waals surface area contributed by atoms with Crippen LogP contribution in [0.4, 0.5) is 10.5 Å². The first-order valence-electron chi connectivity index (χ1n) is 5.64. The third kappa shape index (κ3) is 2.80. The highest BCUT2D eigenvalue weighted by atomic mass is 16.5. The second-order valence-electron chi connectivity index (χ2n) is 4.21. The van der Waals surface area contributed by atoms with Crippen molar-refractivity contribution in [3.63, 3.8) is 0 Å². The minimum Gasteiger partial charge on any atom is -0.477 e. The average molecular weight is 253 g/mol. The lowest BCUT2D eigenvalue weighted by atomic mass is 10.3. The fraction of sp³-hybridized carbons (Fsp3) is 0.455. The summed E-state index contributed by atoms with van der Waals surface area (Å²) in [5.74, 6) is -1.11. The van der Waals surface area contributed by atoms with Crippen LogP contribution in [-0.4, -0.2) is 41.3 Å². The number of ether oxygens (including phenoxy) is 1. The van der Waals surface area contributed by atoms with Crippen molar-refractivity contribution in [2.24, 2.45) is 0 Å². The molecular formula is C11H15N3O4. The lowest BCUT2D eigenvalue weighted by Gasteiger charge is -2.11. The van der Waals surface area contributed by atoms with Crippen molar-refractivity contribution < 1.29 is 19.4 Å². The fourth-order valence-corrected chi connectivity index (χ4v) is 1.85. The summed E-state index contributed by atoms with van der Waals surface area (Å²) in [5, 5.41) is 14.2. The Hall–Kier alpha value is -2.02. The molecular weight excluding hydrogens is 238 g/mol. The number of anilines is 1. The van der Waals surface area contributed by atoms with Gasteiger partial charge in [0.15, 0.2) is 0 Å². The van der Waals surface area contributed by atoms with Crippen LogP contribution in [0.15, 0.2) is 6.07 Å². The Morgan fingerprint density at radius 1 is 1.56 bits per heavy atom. The van der Waals surface area contributed by atoms with Gasteiger partial charge in [-0.2, -0.15) is 0 Å². The lowest BCUT2D eigenvalue weighted by Crippen LogP contribution is -2.38. The van der Waals surface area contributed by atoms with Crippen molar-refractivity contribution in [2.45, 2.75) is 19.4 Å². The smallest absolute Gasteiger partial charge is 0.354 e. The summed E-state index contributed by atoms with van der Waals surface area (Å²) in [6, 6.07) is 1.14. The van der Waals surface area contributed by atoms with Gasteiger partial charge < -0.3 is 25.5 Å². The van der Waals surface area contributed by atoms with E-state index in [1.54, 1.807) is 13.0 Å². The van der Waals surface area contributed by atoms with Crippen LogP contribution in [0.3, 0.4) is 0 Å². The molecule has 1 saturated heterocycles. The average Bonchev–Trinajstić information content (AvgIpc) is 2.88. The summed E-state index contributed by atoms with van der Waals surface area (Å²) in [4.78, 5) is 25.3. The Labute approximate surface area is 104 Å². The molecule has 1 fully saturated rings. The highest BCUT2D eigenvalue weighted by molar-refractivity contribution is 5.99. The van der Waals surface area contributed by atoms with Gasteiger partial charge in [0.25, 0.3) is 0 Å². The first kappa shape index (κ1) is 12.4. The normalized spacial score (nSPS) is 18.6. The number of nitrogens with one attached hydrogen (secondary N) is 3. The van der Waals surface area contributed by atoms with Crippen LogP contribution in [-0.2, 0) is 4.74 Å². The van der Waals surface area contributed by atoms with Gasteiger partial charge in [-0.3, -0.25) is 0 Å². The predicted octanol–water partition coefficient (Wildman–Crippen LogP) is 0.932. The van der Waals surface area contributed by atoms with Crippen LogP contribution >= 0.6 is 0 Å². The number of carbonyl (C=O) groups is 2. The van der Waals surface area contributed by atoms with E-state index in [1.807, 2.05) is 0 Å². The Morgan fingerprint density at radius 2 is 2.33 bits per heavy atom. The maximum Gasteiger partial charge on any atom is 0.354 e. The molecule has 2 heterocycles. The van der Waals surface area contributed by atoms with Gasteiger partial charge in [-0.15, -0.1) is 0 Å². The quantitative estimate of drug-likeness (QED) is 0.643. The number of aromatic amines is 1. The number of aromatic carboxylic acids is 1. The second-order valence-corrected chi connectivity index (χ2v) is 4.21. The lowest BCUT2D eigenvalue weighted by molar-refractivity contribution is 0.0692. The van der Waals surface area contributed by atoms with E-state index < -0.39 is 12.0 Å². The minimum atomic E-state index is -1.11. The van der Waals surface area contributed by atoms with Crippen LogP contribution in [0.2, 0.25) is 0 Å². The zero-order valence-electron chi connectivity index (χ0n) is 9.95. The monoisotopic (exact) mass is 253 g/mol. The van der Waals surface area contributed by atoms with Crippen LogP contribution in [0, 0.1) is 6.92 Å². The van der Waals surface area contributed by atoms with Crippen molar-refractivity contribution in [2.75, 3.05) is 18.5 Å². The molecule has 18 heavy (non-hydrogen) atoms. The van der Waals surface area contributed by atoms with Crippen LogP contribution in [0.25, 0.3) is 0 Å². The molecule has 0 saturated carbocycles. The summed E-state index contributed by atoms with van der Waals surface area (Å²) in [6.07, 6.45) is 0.769. The van der Waals surface area contributed by atoms with Crippen LogP contribution in [0.1, 0.15) is 22.6 Å². The molecule has 1 aliphatic heterocycles. The van der Waals surface area contributed by atoms with Crippen LogP contribution < -0.4 is 10.6 Å². The number of hydrogen-bond donors (Lipinski definition) is 4. The minimum absolute atomic E-state index is 0.0154. The SMILES string of the molecule is Cc1cc(NC(=O)NC2CCOC2)c(C(=O)O)[nH]1. The number of urea groups is 1. The summed E-state index contributed by atoms with van der Waals surface area (Å²) in [7, 11) is 0. The molecule has 7 nitrogen and oxygen atoms in total. The van der Waals surface area contributed by atoms with Gasteiger partial charge in [-0.25, -0.2) is 9.59 Å². The molecule has 2 amide bonds. The summed E-state index contributed by atoms with van der Waals surface area (Å²) in [6.45, 7) is 2.85. The third-order valence-corrected chi connectivity index (χ3v) is 2.68. The molecule has 0 aliphatic carbocycles. The zero-order valence-corrected chi connectivity index (χ0v) is 9.95. The maximum absolute atomic E-state index is 11.7. The van der Waals surface area contributed by atoms with Gasteiger partial charge in [0, 0.05) is 12.3 Å². The molecule has 1 aliphatic rings. The molecule has 98 valence electrons. The van der Waals surface area contributed by atoms with Gasteiger partial charge in [0.1, 0.15) is 5.69 Å². The van der Waals surface area contributed by atoms with Gasteiger partial charge in [0.05, 0.1) is 18.3 Å². The summed E-state index contributed by atoms with van der Waals surface area (Å²) >= 11 is 0. The number of carboxylic acid groups (broad SMARTS) is 1. The van der Waals surface area contributed by atoms with Crippen LogP contribution in [0.5, 0.6) is 0 Å². The molecule has 1 aromatic rings. The molecule has 1 atom stereocenters. The molecule has 0 radical (unpaired) electrons. The first-order chi connectivity index (χ1) is 8.56. The zero-order chi connectivity index (χ0) is 13.1. The predicted molar refractivity (Wildman–Crippen MR) is 63.9 cm³/mol. The van der Waals surface area contributed by atoms with E-state index in [0.717, 1.165) is 6.42 Å². The number of carboxylic acids is 1. The number of rotatable bonds is 3. The summed E-state index contributed by atoms with van der Waals surface area (Å²) in [5.41, 5.74) is 0.911. The van der Waals surface area contributed by atoms with Crippen molar-refractivity contribution in [1.82, 2.24) is 10.3 Å². The van der Waals surface area contributed by atoms with E-state index in [-0.39, 0.29) is 17.4 Å². The van der Waals surface area contributed by atoms with Gasteiger partial charge >= 0.3 is 12.0 Å². The Kier molecular flexibility index (Phi) is 3.52. The van der Waals surface area contributed by atoms with Crippen molar-refractivity contribution in [3.8, 4) is 0 Å². The number of hydrogen-bond acceptors (Lipinski definition) is 3. The van der Waals surface area contributed by atoms with Crippen molar-refractivity contribution in [3.05, 3.63) is 17.5 Å².